The third kappa shape index (κ3) is 6.23. The molecule has 1 aliphatic heterocycles. The van der Waals surface area contributed by atoms with E-state index in [-0.39, 0.29) is 12.0 Å². The summed E-state index contributed by atoms with van der Waals surface area (Å²) in [7, 11) is 0. The van der Waals surface area contributed by atoms with Crippen LogP contribution >= 0.6 is 0 Å². The van der Waals surface area contributed by atoms with Crippen molar-refractivity contribution in [3.05, 3.63) is 0 Å². The van der Waals surface area contributed by atoms with Crippen LogP contribution in [-0.4, -0.2) is 49.7 Å². The van der Waals surface area contributed by atoms with Crippen LogP contribution in [0.1, 0.15) is 53.4 Å². The Labute approximate surface area is 124 Å². The molecule has 118 valence electrons. The smallest absolute Gasteiger partial charge is 0.323 e. The predicted molar refractivity (Wildman–Crippen MR) is 82.8 cm³/mol. The summed E-state index contributed by atoms with van der Waals surface area (Å²) in [6, 6.07) is -0.148. The fourth-order valence-corrected chi connectivity index (χ4v) is 2.56. The Kier molecular flexibility index (Phi) is 7.52. The van der Waals surface area contributed by atoms with Gasteiger partial charge in [-0.25, -0.2) is 0 Å². The van der Waals surface area contributed by atoms with Crippen LogP contribution in [0.4, 0.5) is 0 Å². The third-order valence-electron chi connectivity index (χ3n) is 4.16. The first-order chi connectivity index (χ1) is 9.48. The number of carbonyl (C=O) groups is 1. The Balaban J connectivity index is 2.36. The van der Waals surface area contributed by atoms with E-state index in [1.807, 2.05) is 6.92 Å². The van der Waals surface area contributed by atoms with E-state index in [1.54, 1.807) is 0 Å². The Morgan fingerprint density at radius 2 is 1.95 bits per heavy atom. The first-order valence-corrected chi connectivity index (χ1v) is 8.11. The van der Waals surface area contributed by atoms with Crippen molar-refractivity contribution in [2.75, 3.05) is 32.8 Å². The second kappa shape index (κ2) is 8.63. The largest absolute Gasteiger partial charge is 0.465 e. The maximum Gasteiger partial charge on any atom is 0.323 e. The molecule has 0 aromatic heterocycles. The minimum atomic E-state index is -0.148. The van der Waals surface area contributed by atoms with Gasteiger partial charge < -0.3 is 15.0 Å². The lowest BCUT2D eigenvalue weighted by molar-refractivity contribution is -0.146. The topological polar surface area (TPSA) is 41.6 Å². The molecule has 1 unspecified atom stereocenters. The zero-order valence-corrected chi connectivity index (χ0v) is 13.7. The monoisotopic (exact) mass is 284 g/mol. The van der Waals surface area contributed by atoms with Crippen molar-refractivity contribution in [2.45, 2.75) is 59.4 Å². The molecule has 1 heterocycles. The average Bonchev–Trinajstić information content (AvgIpc) is 2.40. The van der Waals surface area contributed by atoms with Crippen molar-refractivity contribution in [3.8, 4) is 0 Å². The zero-order chi connectivity index (χ0) is 15.0. The fourth-order valence-electron chi connectivity index (χ4n) is 2.56. The highest BCUT2D eigenvalue weighted by Gasteiger charge is 2.26. The summed E-state index contributed by atoms with van der Waals surface area (Å²) in [4.78, 5) is 14.4. The summed E-state index contributed by atoms with van der Waals surface area (Å²) in [5.41, 5.74) is 0.484. The molecule has 0 aromatic rings. The van der Waals surface area contributed by atoms with Gasteiger partial charge >= 0.3 is 5.97 Å². The molecule has 1 rings (SSSR count). The van der Waals surface area contributed by atoms with E-state index in [2.05, 4.69) is 31.0 Å². The van der Waals surface area contributed by atoms with E-state index in [9.17, 15) is 4.79 Å². The lowest BCUT2D eigenvalue weighted by atomic mass is 9.82. The molecule has 1 N–H and O–H groups in total. The number of likely N-dealkylation sites (tertiary alicyclic amines) is 1. The molecule has 0 aromatic carbocycles. The van der Waals surface area contributed by atoms with E-state index < -0.39 is 0 Å². The number of esters is 1. The van der Waals surface area contributed by atoms with Gasteiger partial charge in [0.2, 0.25) is 0 Å². The normalized spacial score (nSPS) is 20.6. The van der Waals surface area contributed by atoms with Gasteiger partial charge in [-0.3, -0.25) is 4.79 Å². The molecule has 4 heteroatoms. The highest BCUT2D eigenvalue weighted by molar-refractivity contribution is 5.75. The maximum absolute atomic E-state index is 11.9. The second-order valence-electron chi connectivity index (χ2n) is 6.55. The molecule has 0 amide bonds. The Bertz CT molecular complexity index is 282. The van der Waals surface area contributed by atoms with Gasteiger partial charge in [-0.05, 0) is 57.7 Å². The summed E-state index contributed by atoms with van der Waals surface area (Å²) in [6.45, 7) is 13.3. The molecule has 0 radical (unpaired) electrons. The van der Waals surface area contributed by atoms with E-state index in [1.165, 1.54) is 12.8 Å². The lowest BCUT2D eigenvalue weighted by Crippen LogP contribution is -2.43. The molecule has 0 aliphatic carbocycles. The minimum Gasteiger partial charge on any atom is -0.465 e. The number of rotatable bonds is 8. The van der Waals surface area contributed by atoms with Gasteiger partial charge in [0.1, 0.15) is 6.04 Å². The molecule has 1 atom stereocenters. The van der Waals surface area contributed by atoms with Crippen molar-refractivity contribution in [2.24, 2.45) is 5.41 Å². The molecular formula is C16H32N2O2. The Morgan fingerprint density at radius 3 is 2.50 bits per heavy atom. The van der Waals surface area contributed by atoms with Gasteiger partial charge in [0.15, 0.2) is 0 Å². The first-order valence-electron chi connectivity index (χ1n) is 8.11. The molecular weight excluding hydrogens is 252 g/mol. The first kappa shape index (κ1) is 17.4. The van der Waals surface area contributed by atoms with Crippen LogP contribution in [0.5, 0.6) is 0 Å². The van der Waals surface area contributed by atoms with E-state index in [0.717, 1.165) is 39.0 Å². The molecule has 20 heavy (non-hydrogen) atoms. The van der Waals surface area contributed by atoms with Gasteiger partial charge in [-0.1, -0.05) is 20.8 Å². The summed E-state index contributed by atoms with van der Waals surface area (Å²) in [5.74, 6) is -0.0988. The predicted octanol–water partition coefficient (Wildman–Crippen LogP) is 2.43. The third-order valence-corrected chi connectivity index (χ3v) is 4.16. The number of nitrogens with zero attached hydrogens (tertiary/aromatic N) is 1. The van der Waals surface area contributed by atoms with Crippen molar-refractivity contribution < 1.29 is 9.53 Å². The SMILES string of the molecule is CCCNC(CCN1CCC(C)(C)CC1)C(=O)OCC. The number of hydrogen-bond donors (Lipinski definition) is 1. The molecule has 4 nitrogen and oxygen atoms in total. The molecule has 0 spiro atoms. The van der Waals surface area contributed by atoms with Gasteiger partial charge in [-0.2, -0.15) is 0 Å². The molecule has 0 saturated carbocycles. The van der Waals surface area contributed by atoms with Crippen LogP contribution in [0, 0.1) is 5.41 Å². The van der Waals surface area contributed by atoms with Gasteiger partial charge in [0.25, 0.3) is 0 Å². The van der Waals surface area contributed by atoms with E-state index in [4.69, 9.17) is 4.74 Å². The highest BCUT2D eigenvalue weighted by atomic mass is 16.5. The van der Waals surface area contributed by atoms with E-state index >= 15 is 0 Å². The summed E-state index contributed by atoms with van der Waals surface area (Å²) < 4.78 is 5.15. The summed E-state index contributed by atoms with van der Waals surface area (Å²) in [6.07, 6.45) is 4.38. The van der Waals surface area contributed by atoms with Gasteiger partial charge in [-0.15, -0.1) is 0 Å². The number of nitrogens with one attached hydrogen (secondary N) is 1. The van der Waals surface area contributed by atoms with Crippen LogP contribution in [-0.2, 0) is 9.53 Å². The highest BCUT2D eigenvalue weighted by Crippen LogP contribution is 2.29. The Hall–Kier alpha value is -0.610. The van der Waals surface area contributed by atoms with Crippen molar-refractivity contribution in [1.29, 1.82) is 0 Å². The van der Waals surface area contributed by atoms with Gasteiger partial charge in [0.05, 0.1) is 6.61 Å². The second-order valence-corrected chi connectivity index (χ2v) is 6.55. The number of piperidine rings is 1. The lowest BCUT2D eigenvalue weighted by Gasteiger charge is -2.37. The quantitative estimate of drug-likeness (QED) is 0.695. The fraction of sp³-hybridized carbons (Fsp3) is 0.938. The zero-order valence-electron chi connectivity index (χ0n) is 13.7. The molecule has 0 bridgehead atoms. The minimum absolute atomic E-state index is 0.0988. The number of carbonyl (C=O) groups excluding carboxylic acids is 1. The van der Waals surface area contributed by atoms with E-state index in [0.29, 0.717) is 12.0 Å². The van der Waals surface area contributed by atoms with Crippen molar-refractivity contribution in [1.82, 2.24) is 10.2 Å². The van der Waals surface area contributed by atoms with Crippen molar-refractivity contribution >= 4 is 5.97 Å². The molecule has 1 aliphatic rings. The number of ether oxygens (including phenoxy) is 1. The maximum atomic E-state index is 11.9. The van der Waals surface area contributed by atoms with Crippen LogP contribution in [0.25, 0.3) is 0 Å². The summed E-state index contributed by atoms with van der Waals surface area (Å²) in [5, 5.41) is 3.31. The van der Waals surface area contributed by atoms with Gasteiger partial charge in [0, 0.05) is 6.54 Å². The van der Waals surface area contributed by atoms with Crippen LogP contribution in [0.3, 0.4) is 0 Å². The average molecular weight is 284 g/mol. The van der Waals surface area contributed by atoms with Crippen LogP contribution < -0.4 is 5.32 Å². The molecule has 1 saturated heterocycles. The Morgan fingerprint density at radius 1 is 1.30 bits per heavy atom. The van der Waals surface area contributed by atoms with Crippen molar-refractivity contribution in [3.63, 3.8) is 0 Å². The summed E-state index contributed by atoms with van der Waals surface area (Å²) >= 11 is 0. The number of hydrogen-bond acceptors (Lipinski definition) is 4. The molecule has 1 fully saturated rings. The van der Waals surface area contributed by atoms with Crippen LogP contribution in [0.15, 0.2) is 0 Å². The standard InChI is InChI=1S/C16H32N2O2/c1-5-10-17-14(15(19)20-6-2)7-11-18-12-8-16(3,4)9-13-18/h14,17H,5-13H2,1-4H3. The van der Waals surface area contributed by atoms with Crippen LogP contribution in [0.2, 0.25) is 0 Å².